The fourth-order valence-electron chi connectivity index (χ4n) is 5.38. The molecule has 2 aromatic carbocycles. The molecule has 1 N–H and O–H groups in total. The minimum absolute atomic E-state index is 0.00114. The molecular weight excluding hydrogens is 504 g/mol. The predicted octanol–water partition coefficient (Wildman–Crippen LogP) is 5.51. The van der Waals surface area contributed by atoms with Gasteiger partial charge in [-0.3, -0.25) is 9.69 Å². The van der Waals surface area contributed by atoms with E-state index in [1.807, 2.05) is 12.1 Å². The van der Waals surface area contributed by atoms with Crippen LogP contribution < -0.4 is 4.90 Å². The number of aliphatic carboxylic acids is 1. The zero-order valence-corrected chi connectivity index (χ0v) is 20.9. The van der Waals surface area contributed by atoms with Gasteiger partial charge in [-0.2, -0.15) is 4.98 Å². The number of rotatable bonds is 7. The number of benzene rings is 2. The molecule has 0 saturated carbocycles. The lowest BCUT2D eigenvalue weighted by atomic mass is 10.0. The molecule has 202 valence electrons. The molecule has 1 aromatic heterocycles. The molecule has 2 saturated heterocycles. The van der Waals surface area contributed by atoms with Gasteiger partial charge in [0.2, 0.25) is 5.82 Å². The summed E-state index contributed by atoms with van der Waals surface area (Å²) >= 11 is 0. The van der Waals surface area contributed by atoms with Crippen LogP contribution in [0, 0.1) is 24.4 Å². The Balaban J connectivity index is 1.36. The van der Waals surface area contributed by atoms with Gasteiger partial charge in [0.25, 0.3) is 5.89 Å². The number of hydrogen-bond acceptors (Lipinski definition) is 6. The van der Waals surface area contributed by atoms with Crippen molar-refractivity contribution < 1.29 is 32.0 Å². The lowest BCUT2D eigenvalue weighted by Crippen LogP contribution is -2.35. The van der Waals surface area contributed by atoms with E-state index in [1.54, 1.807) is 12.1 Å². The summed E-state index contributed by atoms with van der Waals surface area (Å²) in [4.78, 5) is 18.8. The highest BCUT2D eigenvalue weighted by atomic mass is 19.2. The minimum atomic E-state index is -1.42. The first kappa shape index (κ1) is 26.1. The van der Waals surface area contributed by atoms with Gasteiger partial charge >= 0.3 is 5.97 Å². The van der Waals surface area contributed by atoms with Crippen molar-refractivity contribution in [1.82, 2.24) is 15.0 Å². The zero-order valence-electron chi connectivity index (χ0n) is 20.9. The summed E-state index contributed by atoms with van der Waals surface area (Å²) in [5.74, 6) is -4.86. The summed E-state index contributed by atoms with van der Waals surface area (Å²) < 4.78 is 64.3. The number of piperidine rings is 1. The van der Waals surface area contributed by atoms with Crippen molar-refractivity contribution in [3.63, 3.8) is 0 Å². The van der Waals surface area contributed by atoms with Gasteiger partial charge in [-0.15, -0.1) is 0 Å². The van der Waals surface area contributed by atoms with E-state index in [0.29, 0.717) is 12.1 Å². The maximum Gasteiger partial charge on any atom is 0.304 e. The van der Waals surface area contributed by atoms with Crippen molar-refractivity contribution >= 4 is 11.7 Å². The average molecular weight is 533 g/mol. The van der Waals surface area contributed by atoms with Crippen LogP contribution in [0.4, 0.5) is 23.2 Å². The molecule has 11 heteroatoms. The van der Waals surface area contributed by atoms with Gasteiger partial charge < -0.3 is 14.5 Å². The Kier molecular flexibility index (Phi) is 7.38. The summed E-state index contributed by atoms with van der Waals surface area (Å²) in [7, 11) is 0. The van der Waals surface area contributed by atoms with Crippen LogP contribution >= 0.6 is 0 Å². The molecule has 1 atom stereocenters. The Morgan fingerprint density at radius 1 is 1.05 bits per heavy atom. The normalized spacial score (nSPS) is 18.9. The van der Waals surface area contributed by atoms with E-state index in [9.17, 15) is 9.18 Å². The van der Waals surface area contributed by atoms with E-state index in [-0.39, 0.29) is 55.5 Å². The first-order chi connectivity index (χ1) is 18.2. The molecular formula is C27H28F4N4O3. The van der Waals surface area contributed by atoms with Gasteiger partial charge in [0, 0.05) is 36.8 Å². The number of nitrogens with zero attached hydrogens (tertiary/aromatic N) is 4. The van der Waals surface area contributed by atoms with Crippen molar-refractivity contribution in [2.45, 2.75) is 57.8 Å². The van der Waals surface area contributed by atoms with Crippen LogP contribution in [-0.4, -0.2) is 58.0 Å². The van der Waals surface area contributed by atoms with Gasteiger partial charge in [0.1, 0.15) is 12.0 Å². The second-order valence-corrected chi connectivity index (χ2v) is 9.94. The van der Waals surface area contributed by atoms with Gasteiger partial charge in [0.05, 0.1) is 17.7 Å². The lowest BCUT2D eigenvalue weighted by Gasteiger charge is -2.32. The van der Waals surface area contributed by atoms with Crippen molar-refractivity contribution in [2.24, 2.45) is 0 Å². The van der Waals surface area contributed by atoms with Crippen molar-refractivity contribution in [3.8, 4) is 22.8 Å². The van der Waals surface area contributed by atoms with Crippen LogP contribution in [0.1, 0.15) is 43.2 Å². The summed E-state index contributed by atoms with van der Waals surface area (Å²) in [6.45, 7) is 3.10. The van der Waals surface area contributed by atoms with E-state index < -0.39 is 41.0 Å². The fraction of sp³-hybridized carbons (Fsp3) is 0.444. The molecule has 38 heavy (non-hydrogen) atoms. The summed E-state index contributed by atoms with van der Waals surface area (Å²) in [6.07, 6.45) is 1.22. The van der Waals surface area contributed by atoms with Crippen LogP contribution in [0.25, 0.3) is 22.8 Å². The Hall–Kier alpha value is -3.47. The molecule has 5 rings (SSSR count). The van der Waals surface area contributed by atoms with Crippen LogP contribution in [0.15, 0.2) is 28.8 Å². The molecule has 0 bridgehead atoms. The largest absolute Gasteiger partial charge is 0.481 e. The summed E-state index contributed by atoms with van der Waals surface area (Å²) in [6, 6.07) is 7.14. The minimum Gasteiger partial charge on any atom is -0.481 e. The van der Waals surface area contributed by atoms with Gasteiger partial charge in [-0.05, 0) is 56.8 Å². The van der Waals surface area contributed by atoms with Crippen molar-refractivity contribution in [1.29, 1.82) is 0 Å². The number of alkyl halides is 1. The second kappa shape index (κ2) is 10.7. The third-order valence-corrected chi connectivity index (χ3v) is 7.41. The number of aromatic nitrogens is 2. The molecule has 0 aliphatic carbocycles. The number of likely N-dealkylation sites (tertiary alicyclic amines) is 1. The predicted molar refractivity (Wildman–Crippen MR) is 132 cm³/mol. The molecule has 0 amide bonds. The third-order valence-electron chi connectivity index (χ3n) is 7.41. The van der Waals surface area contributed by atoms with Gasteiger partial charge in [0.15, 0.2) is 11.6 Å². The maximum absolute atomic E-state index is 15.3. The van der Waals surface area contributed by atoms with E-state index in [0.717, 1.165) is 24.9 Å². The smallest absolute Gasteiger partial charge is 0.304 e. The van der Waals surface area contributed by atoms with Crippen LogP contribution in [-0.2, 0) is 11.3 Å². The molecule has 3 heterocycles. The SMILES string of the molecule is Cc1c(F)c(-c2noc(-c3ccc(CN4CCCC4CC(=O)O)cc3)n2)c(F)c(F)c1N1CCC(F)CC1. The standard InChI is InChI=1S/C27H28F4N4O3/c1-15-22(29)21(23(30)24(31)25(15)34-11-8-18(28)9-12-34)26-32-27(38-33-26)17-6-4-16(5-7-17)14-35-10-2-3-19(35)13-20(36)37/h4-7,18-19H,2-3,8-14H2,1H3,(H,36,37). The number of hydrogen-bond donors (Lipinski definition) is 1. The van der Waals surface area contributed by atoms with Crippen LogP contribution in [0.3, 0.4) is 0 Å². The number of carboxylic acids is 1. The molecule has 2 aliphatic rings. The zero-order chi connectivity index (χ0) is 27.0. The highest BCUT2D eigenvalue weighted by Gasteiger charge is 2.31. The van der Waals surface area contributed by atoms with E-state index in [1.165, 1.54) is 11.8 Å². The lowest BCUT2D eigenvalue weighted by molar-refractivity contribution is -0.138. The van der Waals surface area contributed by atoms with Gasteiger partial charge in [-0.1, -0.05) is 17.3 Å². The molecule has 2 fully saturated rings. The van der Waals surface area contributed by atoms with Crippen molar-refractivity contribution in [3.05, 3.63) is 52.8 Å². The van der Waals surface area contributed by atoms with E-state index in [4.69, 9.17) is 9.63 Å². The quantitative estimate of drug-likeness (QED) is 0.318. The Labute approximate surface area is 217 Å². The Morgan fingerprint density at radius 2 is 1.76 bits per heavy atom. The van der Waals surface area contributed by atoms with Crippen molar-refractivity contribution in [2.75, 3.05) is 24.5 Å². The molecule has 7 nitrogen and oxygen atoms in total. The number of carboxylic acid groups (broad SMARTS) is 1. The molecule has 3 aromatic rings. The average Bonchev–Trinajstić information content (AvgIpc) is 3.54. The Morgan fingerprint density at radius 3 is 2.45 bits per heavy atom. The highest BCUT2D eigenvalue weighted by molar-refractivity contribution is 5.69. The van der Waals surface area contributed by atoms with E-state index in [2.05, 4.69) is 15.0 Å². The maximum atomic E-state index is 15.3. The van der Waals surface area contributed by atoms with Crippen LogP contribution in [0.5, 0.6) is 0 Å². The van der Waals surface area contributed by atoms with Crippen LogP contribution in [0.2, 0.25) is 0 Å². The van der Waals surface area contributed by atoms with Gasteiger partial charge in [-0.25, -0.2) is 17.6 Å². The Bertz CT molecular complexity index is 1290. The second-order valence-electron chi connectivity index (χ2n) is 9.94. The summed E-state index contributed by atoms with van der Waals surface area (Å²) in [5.41, 5.74) is 0.454. The third kappa shape index (κ3) is 5.11. The van der Waals surface area contributed by atoms with E-state index >= 15 is 13.2 Å². The number of carbonyl (C=O) groups is 1. The monoisotopic (exact) mass is 532 g/mol. The topological polar surface area (TPSA) is 82.7 Å². The molecule has 0 radical (unpaired) electrons. The summed E-state index contributed by atoms with van der Waals surface area (Å²) in [5, 5.41) is 12.8. The highest BCUT2D eigenvalue weighted by Crippen LogP contribution is 2.37. The fourth-order valence-corrected chi connectivity index (χ4v) is 5.38. The molecule has 0 spiro atoms. The number of anilines is 1. The molecule has 2 aliphatic heterocycles. The first-order valence-electron chi connectivity index (χ1n) is 12.7. The number of halogens is 4. The first-order valence-corrected chi connectivity index (χ1v) is 12.7. The molecule has 1 unspecified atom stereocenters.